The Bertz CT molecular complexity index is 513. The zero-order valence-corrected chi connectivity index (χ0v) is 12.0. The molecule has 1 N–H and O–H groups in total. The Hall–Kier alpha value is -1.68. The normalized spacial score (nSPS) is 10.9. The monoisotopic (exact) mass is 258 g/mol. The number of nitrogens with zero attached hydrogens (tertiary/aromatic N) is 3. The SMILES string of the molecule is CCc1cc(CC)n(Cc2ccc(CNC)cn2)n1. The lowest BCUT2D eigenvalue weighted by molar-refractivity contribution is 0.629. The Morgan fingerprint density at radius 1 is 1.16 bits per heavy atom. The molecule has 0 aliphatic rings. The molecule has 19 heavy (non-hydrogen) atoms. The highest BCUT2D eigenvalue weighted by Crippen LogP contribution is 2.09. The quantitative estimate of drug-likeness (QED) is 0.863. The van der Waals surface area contributed by atoms with E-state index in [0.29, 0.717) is 0 Å². The molecule has 102 valence electrons. The topological polar surface area (TPSA) is 42.7 Å². The molecule has 0 fully saturated rings. The molecule has 0 spiro atoms. The van der Waals surface area contributed by atoms with Crippen LogP contribution in [-0.4, -0.2) is 21.8 Å². The van der Waals surface area contributed by atoms with Gasteiger partial charge in [-0.3, -0.25) is 9.67 Å². The largest absolute Gasteiger partial charge is 0.316 e. The standard InChI is InChI=1S/C15H22N4/c1-4-13-8-15(5-2)19(18-13)11-14-7-6-12(9-16-3)10-17-14/h6-8,10,16H,4-5,9,11H2,1-3H3. The number of aromatic nitrogens is 3. The van der Waals surface area contributed by atoms with Gasteiger partial charge in [-0.15, -0.1) is 0 Å². The van der Waals surface area contributed by atoms with Crippen molar-refractivity contribution in [3.63, 3.8) is 0 Å². The smallest absolute Gasteiger partial charge is 0.0834 e. The molecule has 2 aromatic rings. The minimum atomic E-state index is 0.753. The molecule has 4 nitrogen and oxygen atoms in total. The van der Waals surface area contributed by atoms with E-state index in [4.69, 9.17) is 0 Å². The summed E-state index contributed by atoms with van der Waals surface area (Å²) in [6.45, 7) is 5.91. The molecular weight excluding hydrogens is 236 g/mol. The molecule has 0 aliphatic carbocycles. The van der Waals surface area contributed by atoms with Crippen LogP contribution < -0.4 is 5.32 Å². The Kier molecular flexibility index (Phi) is 4.68. The fraction of sp³-hybridized carbons (Fsp3) is 0.467. The van der Waals surface area contributed by atoms with Gasteiger partial charge in [-0.05, 0) is 37.6 Å². The minimum Gasteiger partial charge on any atom is -0.316 e. The number of hydrogen-bond acceptors (Lipinski definition) is 3. The van der Waals surface area contributed by atoms with Crippen LogP contribution in [0.15, 0.2) is 24.4 Å². The van der Waals surface area contributed by atoms with Crippen molar-refractivity contribution >= 4 is 0 Å². The van der Waals surface area contributed by atoms with Crippen LogP contribution in [0.2, 0.25) is 0 Å². The summed E-state index contributed by atoms with van der Waals surface area (Å²) in [5.41, 5.74) is 4.69. The third-order valence-electron chi connectivity index (χ3n) is 3.22. The summed E-state index contributed by atoms with van der Waals surface area (Å²) in [6, 6.07) is 6.39. The maximum atomic E-state index is 4.62. The van der Waals surface area contributed by atoms with Crippen molar-refractivity contribution in [2.45, 2.75) is 39.8 Å². The van der Waals surface area contributed by atoms with Crippen molar-refractivity contribution in [2.75, 3.05) is 7.05 Å². The summed E-state index contributed by atoms with van der Waals surface area (Å²) in [5, 5.41) is 7.74. The Balaban J connectivity index is 2.13. The highest BCUT2D eigenvalue weighted by atomic mass is 15.3. The average Bonchev–Trinajstić information content (AvgIpc) is 2.83. The maximum absolute atomic E-state index is 4.62. The van der Waals surface area contributed by atoms with Crippen LogP contribution >= 0.6 is 0 Å². The number of aryl methyl sites for hydroxylation is 2. The molecule has 0 aliphatic heterocycles. The molecule has 4 heteroatoms. The number of hydrogen-bond donors (Lipinski definition) is 1. The van der Waals surface area contributed by atoms with Gasteiger partial charge in [-0.1, -0.05) is 19.9 Å². The van der Waals surface area contributed by atoms with E-state index in [2.05, 4.69) is 52.1 Å². The van der Waals surface area contributed by atoms with Gasteiger partial charge in [-0.2, -0.15) is 5.10 Å². The summed E-state index contributed by atoms with van der Waals surface area (Å²) in [6.07, 6.45) is 3.92. The first-order valence-electron chi connectivity index (χ1n) is 6.90. The zero-order chi connectivity index (χ0) is 13.7. The van der Waals surface area contributed by atoms with Crippen molar-refractivity contribution in [2.24, 2.45) is 0 Å². The van der Waals surface area contributed by atoms with Gasteiger partial charge in [0.2, 0.25) is 0 Å². The van der Waals surface area contributed by atoms with E-state index in [9.17, 15) is 0 Å². The van der Waals surface area contributed by atoms with Crippen LogP contribution in [0.5, 0.6) is 0 Å². The van der Waals surface area contributed by atoms with E-state index in [1.165, 1.54) is 11.3 Å². The van der Waals surface area contributed by atoms with E-state index in [-0.39, 0.29) is 0 Å². The van der Waals surface area contributed by atoms with Crippen LogP contribution in [0, 0.1) is 0 Å². The summed E-state index contributed by atoms with van der Waals surface area (Å²) in [4.78, 5) is 4.50. The van der Waals surface area contributed by atoms with Gasteiger partial charge in [0.25, 0.3) is 0 Å². The van der Waals surface area contributed by atoms with Crippen LogP contribution in [-0.2, 0) is 25.9 Å². The molecule has 0 unspecified atom stereocenters. The van der Waals surface area contributed by atoms with Crippen LogP contribution in [0.4, 0.5) is 0 Å². The Morgan fingerprint density at radius 3 is 2.58 bits per heavy atom. The van der Waals surface area contributed by atoms with Crippen molar-refractivity contribution in [3.8, 4) is 0 Å². The lowest BCUT2D eigenvalue weighted by Crippen LogP contribution is -2.09. The van der Waals surface area contributed by atoms with E-state index in [1.54, 1.807) is 0 Å². The average molecular weight is 258 g/mol. The van der Waals surface area contributed by atoms with Crippen LogP contribution in [0.1, 0.15) is 36.5 Å². The predicted octanol–water partition coefficient (Wildman–Crippen LogP) is 2.17. The molecular formula is C15H22N4. The van der Waals surface area contributed by atoms with Crippen molar-refractivity contribution in [3.05, 3.63) is 47.0 Å². The van der Waals surface area contributed by atoms with Crippen molar-refractivity contribution in [1.82, 2.24) is 20.1 Å². The Labute approximate surface area is 114 Å². The second kappa shape index (κ2) is 6.48. The molecule has 2 rings (SSSR count). The minimum absolute atomic E-state index is 0.753. The van der Waals surface area contributed by atoms with Gasteiger partial charge in [-0.25, -0.2) is 0 Å². The molecule has 0 aromatic carbocycles. The number of pyridine rings is 1. The molecule has 0 saturated carbocycles. The summed E-state index contributed by atoms with van der Waals surface area (Å²) in [5.74, 6) is 0. The maximum Gasteiger partial charge on any atom is 0.0834 e. The third kappa shape index (κ3) is 3.41. The van der Waals surface area contributed by atoms with Crippen LogP contribution in [0.25, 0.3) is 0 Å². The van der Waals surface area contributed by atoms with Crippen molar-refractivity contribution < 1.29 is 0 Å². The second-order valence-electron chi connectivity index (χ2n) is 4.68. The highest BCUT2D eigenvalue weighted by molar-refractivity contribution is 5.16. The van der Waals surface area contributed by atoms with Gasteiger partial charge in [0, 0.05) is 18.4 Å². The van der Waals surface area contributed by atoms with Gasteiger partial charge in [0.15, 0.2) is 0 Å². The fourth-order valence-corrected chi connectivity index (χ4v) is 2.12. The van der Waals surface area contributed by atoms with E-state index < -0.39 is 0 Å². The van der Waals surface area contributed by atoms with Gasteiger partial charge in [0.1, 0.15) is 0 Å². The molecule has 0 amide bonds. The van der Waals surface area contributed by atoms with E-state index in [1.807, 2.05) is 13.2 Å². The lowest BCUT2D eigenvalue weighted by atomic mass is 10.2. The first-order chi connectivity index (χ1) is 9.26. The molecule has 0 bridgehead atoms. The molecule has 0 atom stereocenters. The molecule has 2 heterocycles. The number of nitrogens with one attached hydrogen (secondary N) is 1. The highest BCUT2D eigenvalue weighted by Gasteiger charge is 2.06. The number of rotatable bonds is 6. The third-order valence-corrected chi connectivity index (χ3v) is 3.22. The zero-order valence-electron chi connectivity index (χ0n) is 12.0. The summed E-state index contributed by atoms with van der Waals surface area (Å²) >= 11 is 0. The van der Waals surface area contributed by atoms with Gasteiger partial charge < -0.3 is 5.32 Å². The van der Waals surface area contributed by atoms with E-state index >= 15 is 0 Å². The molecule has 0 radical (unpaired) electrons. The summed E-state index contributed by atoms with van der Waals surface area (Å²) in [7, 11) is 1.94. The van der Waals surface area contributed by atoms with Gasteiger partial charge >= 0.3 is 0 Å². The fourth-order valence-electron chi connectivity index (χ4n) is 2.12. The lowest BCUT2D eigenvalue weighted by Gasteiger charge is -2.06. The Morgan fingerprint density at radius 2 is 2.00 bits per heavy atom. The van der Waals surface area contributed by atoms with Gasteiger partial charge in [0.05, 0.1) is 17.9 Å². The summed E-state index contributed by atoms with van der Waals surface area (Å²) < 4.78 is 2.07. The van der Waals surface area contributed by atoms with Crippen LogP contribution in [0.3, 0.4) is 0 Å². The molecule has 0 saturated heterocycles. The first kappa shape index (κ1) is 13.7. The van der Waals surface area contributed by atoms with Crippen molar-refractivity contribution in [1.29, 1.82) is 0 Å². The predicted molar refractivity (Wildman–Crippen MR) is 77.1 cm³/mol. The first-order valence-corrected chi connectivity index (χ1v) is 6.90. The second-order valence-corrected chi connectivity index (χ2v) is 4.68. The molecule has 2 aromatic heterocycles. The van der Waals surface area contributed by atoms with E-state index in [0.717, 1.165) is 37.3 Å².